The van der Waals surface area contributed by atoms with E-state index >= 15 is 0 Å². The van der Waals surface area contributed by atoms with Crippen LogP contribution in [0.5, 0.6) is 0 Å². The van der Waals surface area contributed by atoms with Crippen LogP contribution >= 0.6 is 47.8 Å². The predicted octanol–water partition coefficient (Wildman–Crippen LogP) is 2.82. The van der Waals surface area contributed by atoms with Crippen LogP contribution in [0.25, 0.3) is 0 Å². The third kappa shape index (κ3) is 3.59. The molecular formula is C5H12N2OS4. The van der Waals surface area contributed by atoms with Crippen molar-refractivity contribution in [2.45, 2.75) is 0 Å². The van der Waals surface area contributed by atoms with E-state index in [1.165, 1.54) is 47.8 Å². The van der Waals surface area contributed by atoms with E-state index in [1.54, 1.807) is 7.42 Å². The minimum atomic E-state index is 0.00926. The number of carbonyl (C=O) groups excluding carboxylic acids is 1. The molecule has 0 heterocycles. The Bertz CT molecular complexity index is 123. The van der Waals surface area contributed by atoms with E-state index in [1.807, 2.05) is 25.0 Å². The SMILES string of the molecule is CSN(SC)C(=O)N(SC)SC. The summed E-state index contributed by atoms with van der Waals surface area (Å²) in [6, 6.07) is 0.00926. The van der Waals surface area contributed by atoms with Crippen LogP contribution in [0.3, 0.4) is 0 Å². The largest absolute Gasteiger partial charge is 0.360 e. The molecule has 0 bridgehead atoms. The van der Waals surface area contributed by atoms with Gasteiger partial charge in [0.05, 0.1) is 0 Å². The topological polar surface area (TPSA) is 23.6 Å². The van der Waals surface area contributed by atoms with E-state index in [2.05, 4.69) is 0 Å². The van der Waals surface area contributed by atoms with E-state index in [4.69, 9.17) is 0 Å². The van der Waals surface area contributed by atoms with Crippen molar-refractivity contribution in [1.82, 2.24) is 7.42 Å². The van der Waals surface area contributed by atoms with Crippen molar-refractivity contribution >= 4 is 53.8 Å². The van der Waals surface area contributed by atoms with Crippen molar-refractivity contribution in [1.29, 1.82) is 0 Å². The molecule has 0 N–H and O–H groups in total. The zero-order valence-electron chi connectivity index (χ0n) is 7.44. The van der Waals surface area contributed by atoms with Gasteiger partial charge in [-0.05, 0) is 47.8 Å². The fraction of sp³-hybridized carbons (Fsp3) is 0.800. The van der Waals surface area contributed by atoms with Gasteiger partial charge in [-0.3, -0.25) is 0 Å². The van der Waals surface area contributed by atoms with Gasteiger partial charge in [-0.2, -0.15) is 0 Å². The van der Waals surface area contributed by atoms with Crippen molar-refractivity contribution in [3.63, 3.8) is 0 Å². The first-order chi connectivity index (χ1) is 5.71. The zero-order chi connectivity index (χ0) is 9.56. The first kappa shape index (κ1) is 12.7. The van der Waals surface area contributed by atoms with Gasteiger partial charge in [-0.15, -0.1) is 0 Å². The van der Waals surface area contributed by atoms with Gasteiger partial charge < -0.3 is 0 Å². The Morgan fingerprint density at radius 2 is 1.08 bits per heavy atom. The second-order valence-electron chi connectivity index (χ2n) is 1.53. The quantitative estimate of drug-likeness (QED) is 0.708. The molecule has 0 spiro atoms. The van der Waals surface area contributed by atoms with Gasteiger partial charge in [-0.25, -0.2) is 12.2 Å². The summed E-state index contributed by atoms with van der Waals surface area (Å²) < 4.78 is 3.26. The third-order valence-corrected chi connectivity index (χ3v) is 4.72. The van der Waals surface area contributed by atoms with Crippen molar-refractivity contribution in [2.75, 3.05) is 25.0 Å². The highest BCUT2D eigenvalue weighted by Crippen LogP contribution is 2.26. The summed E-state index contributed by atoms with van der Waals surface area (Å²) in [6.07, 6.45) is 7.53. The smallest absolute Gasteiger partial charge is 0.244 e. The number of carbonyl (C=O) groups is 1. The van der Waals surface area contributed by atoms with Crippen LogP contribution in [0.4, 0.5) is 4.79 Å². The number of urea groups is 1. The second kappa shape index (κ2) is 7.11. The Balaban J connectivity index is 4.12. The van der Waals surface area contributed by atoms with E-state index < -0.39 is 0 Å². The fourth-order valence-corrected chi connectivity index (χ4v) is 2.88. The second-order valence-corrected chi connectivity index (χ2v) is 4.91. The van der Waals surface area contributed by atoms with Crippen LogP contribution in [-0.4, -0.2) is 38.5 Å². The number of rotatable bonds is 4. The monoisotopic (exact) mass is 244 g/mol. The minimum Gasteiger partial charge on any atom is -0.244 e. The van der Waals surface area contributed by atoms with Crippen LogP contribution in [0.1, 0.15) is 0 Å². The molecule has 0 saturated heterocycles. The molecule has 0 rings (SSSR count). The lowest BCUT2D eigenvalue weighted by atomic mass is 11.2. The summed E-state index contributed by atoms with van der Waals surface area (Å²) in [5.41, 5.74) is 0. The highest BCUT2D eigenvalue weighted by molar-refractivity contribution is 8.14. The van der Waals surface area contributed by atoms with Gasteiger partial charge in [0.1, 0.15) is 0 Å². The molecule has 0 fully saturated rings. The first-order valence-electron chi connectivity index (χ1n) is 3.01. The van der Waals surface area contributed by atoms with Gasteiger partial charge >= 0.3 is 6.03 Å². The lowest BCUT2D eigenvalue weighted by molar-refractivity contribution is 0.236. The summed E-state index contributed by atoms with van der Waals surface area (Å²) in [6.45, 7) is 0. The Labute approximate surface area is 90.9 Å². The molecular weight excluding hydrogens is 232 g/mol. The van der Waals surface area contributed by atoms with E-state index in [-0.39, 0.29) is 6.03 Å². The first-order valence-corrected chi connectivity index (χ1v) is 7.74. The third-order valence-electron chi connectivity index (χ3n) is 0.976. The molecule has 72 valence electrons. The number of hydrogen-bond donors (Lipinski definition) is 0. The van der Waals surface area contributed by atoms with Crippen LogP contribution in [0.2, 0.25) is 0 Å². The van der Waals surface area contributed by atoms with Crippen molar-refractivity contribution in [2.24, 2.45) is 0 Å². The molecule has 0 unspecified atom stereocenters. The summed E-state index contributed by atoms with van der Waals surface area (Å²) in [5.74, 6) is 0. The van der Waals surface area contributed by atoms with Crippen molar-refractivity contribution in [3.05, 3.63) is 0 Å². The Morgan fingerprint density at radius 1 is 0.833 bits per heavy atom. The minimum absolute atomic E-state index is 0.00926. The number of amides is 2. The highest BCUT2D eigenvalue weighted by Gasteiger charge is 2.18. The average molecular weight is 244 g/mol. The summed E-state index contributed by atoms with van der Waals surface area (Å²) in [5, 5.41) is 0. The summed E-state index contributed by atoms with van der Waals surface area (Å²) in [7, 11) is 0. The molecule has 0 aliphatic rings. The van der Waals surface area contributed by atoms with Crippen LogP contribution in [0.15, 0.2) is 0 Å². The Hall–Kier alpha value is 0.670. The van der Waals surface area contributed by atoms with Crippen LogP contribution in [0, 0.1) is 0 Å². The van der Waals surface area contributed by atoms with Gasteiger partial charge in [0, 0.05) is 25.0 Å². The van der Waals surface area contributed by atoms with E-state index in [0.717, 1.165) is 0 Å². The molecule has 0 radical (unpaired) electrons. The maximum Gasteiger partial charge on any atom is 0.360 e. The molecule has 0 saturated carbocycles. The number of nitrogens with zero attached hydrogens (tertiary/aromatic N) is 2. The zero-order valence-corrected chi connectivity index (χ0v) is 10.7. The molecule has 0 atom stereocenters. The molecule has 0 aromatic rings. The molecule has 7 heteroatoms. The molecule has 0 aliphatic carbocycles. The predicted molar refractivity (Wildman–Crippen MR) is 63.1 cm³/mol. The molecule has 2 amide bonds. The standard InChI is InChI=1S/C5H12N2OS4/c1-9-6(10-2)5(8)7(11-3)12-4/h1-4H3. The maximum absolute atomic E-state index is 11.5. The van der Waals surface area contributed by atoms with E-state index in [0.29, 0.717) is 0 Å². The van der Waals surface area contributed by atoms with Crippen LogP contribution in [-0.2, 0) is 0 Å². The van der Waals surface area contributed by atoms with Gasteiger partial charge in [-0.1, -0.05) is 0 Å². The molecule has 3 nitrogen and oxygen atoms in total. The highest BCUT2D eigenvalue weighted by atomic mass is 32.2. The molecule has 0 aliphatic heterocycles. The van der Waals surface area contributed by atoms with Crippen molar-refractivity contribution in [3.8, 4) is 0 Å². The lowest BCUT2D eigenvalue weighted by Crippen LogP contribution is -2.26. The maximum atomic E-state index is 11.5. The Morgan fingerprint density at radius 3 is 1.25 bits per heavy atom. The average Bonchev–Trinajstić information content (AvgIpc) is 2.09. The van der Waals surface area contributed by atoms with E-state index in [9.17, 15) is 4.79 Å². The van der Waals surface area contributed by atoms with Crippen LogP contribution < -0.4 is 0 Å². The van der Waals surface area contributed by atoms with Gasteiger partial charge in [0.25, 0.3) is 0 Å². The molecule has 12 heavy (non-hydrogen) atoms. The summed E-state index contributed by atoms with van der Waals surface area (Å²) >= 11 is 5.66. The van der Waals surface area contributed by atoms with Gasteiger partial charge in [0.15, 0.2) is 0 Å². The van der Waals surface area contributed by atoms with Crippen molar-refractivity contribution < 1.29 is 4.79 Å². The summed E-state index contributed by atoms with van der Waals surface area (Å²) in [4.78, 5) is 11.5. The normalized spacial score (nSPS) is 9.67. The molecule has 0 aromatic heterocycles. The Kier molecular flexibility index (Phi) is 7.51. The number of hydrogen-bond acceptors (Lipinski definition) is 5. The fourth-order valence-electron chi connectivity index (χ4n) is 0.528. The molecule has 0 aromatic carbocycles. The lowest BCUT2D eigenvalue weighted by Gasteiger charge is -2.22. The van der Waals surface area contributed by atoms with Gasteiger partial charge in [0.2, 0.25) is 0 Å².